The van der Waals surface area contributed by atoms with Gasteiger partial charge in [-0.25, -0.2) is 4.39 Å². The van der Waals surface area contributed by atoms with Crippen molar-refractivity contribution in [2.24, 2.45) is 0 Å². The van der Waals surface area contributed by atoms with Crippen LogP contribution in [-0.4, -0.2) is 50.1 Å². The van der Waals surface area contributed by atoms with E-state index in [2.05, 4.69) is 11.0 Å². The van der Waals surface area contributed by atoms with Gasteiger partial charge in [0.1, 0.15) is 5.82 Å². The number of nitrogens with zero attached hydrogens (tertiary/aromatic N) is 2. The molecule has 1 saturated heterocycles. The molecule has 0 unspecified atom stereocenters. The molecule has 1 heterocycles. The zero-order chi connectivity index (χ0) is 19.4. The summed E-state index contributed by atoms with van der Waals surface area (Å²) in [6, 6.07) is 14.2. The first-order valence-corrected chi connectivity index (χ1v) is 9.66. The summed E-state index contributed by atoms with van der Waals surface area (Å²) in [7, 11) is 1.78. The lowest BCUT2D eigenvalue weighted by atomic mass is 10.1. The Morgan fingerprint density at radius 1 is 1.22 bits per heavy atom. The maximum absolute atomic E-state index is 13.3. The second-order valence-corrected chi connectivity index (χ2v) is 7.61. The summed E-state index contributed by atoms with van der Waals surface area (Å²) in [5, 5.41) is 0.741. The lowest BCUT2D eigenvalue weighted by Gasteiger charge is -2.37. The van der Waals surface area contributed by atoms with Crippen LogP contribution in [0.5, 0.6) is 0 Å². The number of halogens is 2. The molecule has 0 saturated carbocycles. The first kappa shape index (κ1) is 19.6. The number of nitrogens with one attached hydrogen (secondary N) is 1. The number of anilines is 1. The Labute approximate surface area is 165 Å². The Bertz CT molecular complexity index is 793. The Balaban J connectivity index is 1.55. The van der Waals surface area contributed by atoms with Crippen LogP contribution in [0.3, 0.4) is 0 Å². The molecule has 0 aliphatic carbocycles. The highest BCUT2D eigenvalue weighted by atomic mass is 35.5. The van der Waals surface area contributed by atoms with Gasteiger partial charge in [0, 0.05) is 24.3 Å². The van der Waals surface area contributed by atoms with Crippen molar-refractivity contribution in [1.29, 1.82) is 0 Å². The number of amides is 1. The van der Waals surface area contributed by atoms with Crippen LogP contribution >= 0.6 is 11.6 Å². The molecule has 1 fully saturated rings. The second-order valence-electron chi connectivity index (χ2n) is 7.17. The molecule has 1 atom stereocenters. The van der Waals surface area contributed by atoms with Crippen molar-refractivity contribution in [3.8, 4) is 0 Å². The van der Waals surface area contributed by atoms with Gasteiger partial charge in [0.2, 0.25) is 0 Å². The van der Waals surface area contributed by atoms with Crippen LogP contribution in [-0.2, 0) is 11.3 Å². The van der Waals surface area contributed by atoms with Crippen molar-refractivity contribution in [3.05, 3.63) is 64.9 Å². The van der Waals surface area contributed by atoms with Gasteiger partial charge in [-0.15, -0.1) is 0 Å². The molecule has 0 bridgehead atoms. The number of hydrogen-bond donors (Lipinski definition) is 1. The van der Waals surface area contributed by atoms with Gasteiger partial charge in [-0.3, -0.25) is 4.79 Å². The van der Waals surface area contributed by atoms with E-state index in [1.165, 1.54) is 17.0 Å². The van der Waals surface area contributed by atoms with Gasteiger partial charge in [-0.05, 0) is 42.8 Å². The Hall–Kier alpha value is -2.11. The van der Waals surface area contributed by atoms with E-state index in [-0.39, 0.29) is 17.8 Å². The Kier molecular flexibility index (Phi) is 6.34. The lowest BCUT2D eigenvalue weighted by Crippen LogP contribution is -3.19. The third-order valence-corrected chi connectivity index (χ3v) is 5.48. The van der Waals surface area contributed by atoms with E-state index < -0.39 is 0 Å². The molecular weight excluding hydrogens is 365 g/mol. The molecule has 0 spiro atoms. The van der Waals surface area contributed by atoms with Crippen LogP contribution in [0.25, 0.3) is 0 Å². The quantitative estimate of drug-likeness (QED) is 0.848. The summed E-state index contributed by atoms with van der Waals surface area (Å²) in [5.41, 5.74) is 1.93. The number of benzene rings is 2. The Morgan fingerprint density at radius 3 is 2.59 bits per heavy atom. The highest BCUT2D eigenvalue weighted by molar-refractivity contribution is 6.30. The highest BCUT2D eigenvalue weighted by Crippen LogP contribution is 2.19. The van der Waals surface area contributed by atoms with Crippen LogP contribution in [0, 0.1) is 5.82 Å². The van der Waals surface area contributed by atoms with Crippen LogP contribution in [0.1, 0.15) is 12.5 Å². The third-order valence-electron chi connectivity index (χ3n) is 5.25. The van der Waals surface area contributed by atoms with Gasteiger partial charge >= 0.3 is 0 Å². The van der Waals surface area contributed by atoms with Gasteiger partial charge in [0.15, 0.2) is 6.04 Å². The third kappa shape index (κ3) is 4.99. The summed E-state index contributed by atoms with van der Waals surface area (Å²) in [6.07, 6.45) is 0. The number of piperazine rings is 1. The maximum atomic E-state index is 13.3. The molecule has 6 heteroatoms. The molecule has 1 aliphatic rings. The van der Waals surface area contributed by atoms with Crippen molar-refractivity contribution in [1.82, 2.24) is 4.90 Å². The number of likely N-dealkylation sites (N-methyl/N-ethyl adjacent to an activating group) is 1. The van der Waals surface area contributed by atoms with Crippen molar-refractivity contribution in [2.75, 3.05) is 38.1 Å². The SMILES string of the molecule is C[C@@H](C(=O)N(C)Cc1cccc(F)c1)[NH+]1CCN(c2cccc(Cl)c2)CC1. The zero-order valence-electron chi connectivity index (χ0n) is 15.8. The molecule has 1 aliphatic heterocycles. The van der Waals surface area contributed by atoms with E-state index >= 15 is 0 Å². The molecule has 27 heavy (non-hydrogen) atoms. The minimum absolute atomic E-state index is 0.0884. The standard InChI is InChI=1S/C21H25ClFN3O/c1-16(21(27)24(2)15-17-5-3-7-19(23)13-17)25-9-11-26(12-10-25)20-8-4-6-18(22)14-20/h3-8,13-14,16H,9-12,15H2,1-2H3/p+1/t16-/m0/s1. The van der Waals surface area contributed by atoms with Crippen molar-refractivity contribution >= 4 is 23.2 Å². The average molecular weight is 391 g/mol. The van der Waals surface area contributed by atoms with Gasteiger partial charge in [0.05, 0.1) is 26.2 Å². The van der Waals surface area contributed by atoms with Gasteiger partial charge < -0.3 is 14.7 Å². The summed E-state index contributed by atoms with van der Waals surface area (Å²) in [5.74, 6) is -0.186. The fourth-order valence-electron chi connectivity index (χ4n) is 3.65. The molecule has 2 aromatic rings. The normalized spacial score (nSPS) is 16.2. The monoisotopic (exact) mass is 390 g/mol. The molecule has 3 rings (SSSR count). The van der Waals surface area contributed by atoms with Crippen LogP contribution < -0.4 is 9.80 Å². The summed E-state index contributed by atoms with van der Waals surface area (Å²) < 4.78 is 13.3. The minimum atomic E-state index is -0.274. The summed E-state index contributed by atoms with van der Waals surface area (Å²) in [4.78, 5) is 18.1. The topological polar surface area (TPSA) is 28.0 Å². The smallest absolute Gasteiger partial charge is 0.280 e. The maximum Gasteiger partial charge on any atom is 0.280 e. The molecule has 4 nitrogen and oxygen atoms in total. The fourth-order valence-corrected chi connectivity index (χ4v) is 3.83. The number of rotatable bonds is 5. The Morgan fingerprint density at radius 2 is 1.93 bits per heavy atom. The predicted octanol–water partition coefficient (Wildman–Crippen LogP) is 2.23. The summed E-state index contributed by atoms with van der Waals surface area (Å²) >= 11 is 6.09. The van der Waals surface area contributed by atoms with Crippen molar-refractivity contribution < 1.29 is 14.1 Å². The first-order valence-electron chi connectivity index (χ1n) is 9.28. The van der Waals surface area contributed by atoms with E-state index in [1.807, 2.05) is 31.2 Å². The van der Waals surface area contributed by atoms with E-state index in [0.29, 0.717) is 6.54 Å². The number of carbonyl (C=O) groups excluding carboxylic acids is 1. The molecule has 0 radical (unpaired) electrons. The van der Waals surface area contributed by atoms with Gasteiger partial charge in [-0.2, -0.15) is 0 Å². The predicted molar refractivity (Wildman–Crippen MR) is 107 cm³/mol. The molecular formula is C21H26ClFN3O+. The highest BCUT2D eigenvalue weighted by Gasteiger charge is 2.31. The molecule has 0 aromatic heterocycles. The zero-order valence-corrected chi connectivity index (χ0v) is 16.5. The number of hydrogen-bond acceptors (Lipinski definition) is 2. The fraction of sp³-hybridized carbons (Fsp3) is 0.381. The molecule has 1 N–H and O–H groups in total. The molecule has 1 amide bonds. The van der Waals surface area contributed by atoms with Crippen LogP contribution in [0.2, 0.25) is 5.02 Å². The first-order chi connectivity index (χ1) is 12.9. The van der Waals surface area contributed by atoms with Gasteiger partial charge in [-0.1, -0.05) is 29.8 Å². The number of carbonyl (C=O) groups is 1. The second kappa shape index (κ2) is 8.72. The van der Waals surface area contributed by atoms with Crippen molar-refractivity contribution in [2.45, 2.75) is 19.5 Å². The van der Waals surface area contributed by atoms with E-state index in [0.717, 1.165) is 42.5 Å². The average Bonchev–Trinajstić information content (AvgIpc) is 2.67. The minimum Gasteiger partial charge on any atom is -0.360 e. The molecule has 144 valence electrons. The van der Waals surface area contributed by atoms with E-state index in [1.54, 1.807) is 18.0 Å². The van der Waals surface area contributed by atoms with Crippen LogP contribution in [0.4, 0.5) is 10.1 Å². The van der Waals surface area contributed by atoms with Crippen LogP contribution in [0.15, 0.2) is 48.5 Å². The van der Waals surface area contributed by atoms with E-state index in [9.17, 15) is 9.18 Å². The van der Waals surface area contributed by atoms with Crippen molar-refractivity contribution in [3.63, 3.8) is 0 Å². The number of quaternary nitrogens is 1. The largest absolute Gasteiger partial charge is 0.360 e. The molecule has 2 aromatic carbocycles. The lowest BCUT2D eigenvalue weighted by molar-refractivity contribution is -0.915. The summed E-state index contributed by atoms with van der Waals surface area (Å²) in [6.45, 7) is 5.97. The van der Waals surface area contributed by atoms with Gasteiger partial charge in [0.25, 0.3) is 5.91 Å². The van der Waals surface area contributed by atoms with E-state index in [4.69, 9.17) is 11.6 Å².